The van der Waals surface area contributed by atoms with Crippen LogP contribution < -0.4 is 0 Å². The van der Waals surface area contributed by atoms with E-state index in [4.69, 9.17) is 0 Å². The van der Waals surface area contributed by atoms with Crippen LogP contribution in [0.2, 0.25) is 0 Å². The minimum absolute atomic E-state index is 0.542. The van der Waals surface area contributed by atoms with Gasteiger partial charge in [0.1, 0.15) is 0 Å². The lowest BCUT2D eigenvalue weighted by Crippen LogP contribution is -2.47. The third kappa shape index (κ3) is 3.34. The van der Waals surface area contributed by atoms with Crippen LogP contribution in [0.3, 0.4) is 0 Å². The fourth-order valence-corrected chi connectivity index (χ4v) is 4.26. The van der Waals surface area contributed by atoms with Crippen molar-refractivity contribution in [1.82, 2.24) is 14.5 Å². The van der Waals surface area contributed by atoms with Crippen LogP contribution in [-0.4, -0.2) is 38.6 Å². The Bertz CT molecular complexity index is 562. The first-order valence-corrected chi connectivity index (χ1v) is 8.72. The Balaban J connectivity index is 1.71. The topological polar surface area (TPSA) is 58.4 Å². The van der Waals surface area contributed by atoms with Gasteiger partial charge < -0.3 is 9.67 Å². The summed E-state index contributed by atoms with van der Waals surface area (Å²) in [6, 6.07) is 0.578. The molecule has 2 heterocycles. The van der Waals surface area contributed by atoms with Crippen molar-refractivity contribution in [1.29, 1.82) is 0 Å². The molecule has 0 aromatic carbocycles. The van der Waals surface area contributed by atoms with Crippen molar-refractivity contribution in [2.45, 2.75) is 57.5 Å². The number of hydrogen-bond acceptors (Lipinski definition) is 3. The minimum Gasteiger partial charge on any atom is -0.481 e. The summed E-state index contributed by atoms with van der Waals surface area (Å²) in [6.07, 6.45) is 12.9. The van der Waals surface area contributed by atoms with Crippen molar-refractivity contribution in [2.75, 3.05) is 13.1 Å². The van der Waals surface area contributed by atoms with Crippen LogP contribution in [0, 0.1) is 5.41 Å². The molecule has 3 rings (SSSR count). The summed E-state index contributed by atoms with van der Waals surface area (Å²) in [7, 11) is 0. The maximum atomic E-state index is 11.8. The number of carboxylic acid groups (broad SMARTS) is 1. The number of aliphatic carboxylic acids is 1. The number of hydrogen-bond donors (Lipinski definition) is 1. The highest BCUT2D eigenvalue weighted by Gasteiger charge is 2.41. The third-order valence-electron chi connectivity index (χ3n) is 5.49. The van der Waals surface area contributed by atoms with E-state index < -0.39 is 11.4 Å². The predicted octanol–water partition coefficient (Wildman–Crippen LogP) is 3.24. The third-order valence-corrected chi connectivity index (χ3v) is 5.49. The Morgan fingerprint density at radius 1 is 1.43 bits per heavy atom. The fourth-order valence-electron chi connectivity index (χ4n) is 4.26. The zero-order valence-corrected chi connectivity index (χ0v) is 13.8. The van der Waals surface area contributed by atoms with Crippen molar-refractivity contribution in [3.05, 3.63) is 30.9 Å². The van der Waals surface area contributed by atoms with Gasteiger partial charge in [-0.2, -0.15) is 0 Å². The molecule has 1 atom stereocenters. The zero-order chi connectivity index (χ0) is 16.3. The molecule has 5 nitrogen and oxygen atoms in total. The molecule has 0 amide bonds. The first kappa shape index (κ1) is 16.2. The number of piperidine rings is 1. The maximum Gasteiger partial charge on any atom is 0.311 e. The van der Waals surface area contributed by atoms with E-state index in [0.29, 0.717) is 19.0 Å². The molecule has 2 aliphatic rings. The van der Waals surface area contributed by atoms with Gasteiger partial charge in [0.05, 0.1) is 17.4 Å². The number of nitrogens with zero attached hydrogens (tertiary/aromatic N) is 3. The van der Waals surface area contributed by atoms with Crippen LogP contribution in [0.25, 0.3) is 0 Å². The van der Waals surface area contributed by atoms with E-state index in [2.05, 4.69) is 21.0 Å². The van der Waals surface area contributed by atoms with Crippen molar-refractivity contribution in [2.24, 2.45) is 5.41 Å². The molecule has 1 aromatic rings. The fraction of sp³-hybridized carbons (Fsp3) is 0.667. The number of aromatic nitrogens is 2. The highest BCUT2D eigenvalue weighted by molar-refractivity contribution is 5.75. The SMILES string of the molecule is C=CC[C@@]1(C(=O)O)CCCN(Cc2cncn2C2CCCC2)C1. The summed E-state index contributed by atoms with van der Waals surface area (Å²) in [5, 5.41) is 9.70. The highest BCUT2D eigenvalue weighted by atomic mass is 16.4. The van der Waals surface area contributed by atoms with Crippen LogP contribution in [0.5, 0.6) is 0 Å². The van der Waals surface area contributed by atoms with Crippen LogP contribution in [-0.2, 0) is 11.3 Å². The Kier molecular flexibility index (Phi) is 4.85. The largest absolute Gasteiger partial charge is 0.481 e. The molecule has 1 aliphatic carbocycles. The van der Waals surface area contributed by atoms with E-state index in [0.717, 1.165) is 25.9 Å². The van der Waals surface area contributed by atoms with Crippen LogP contribution >= 0.6 is 0 Å². The molecule has 1 aromatic heterocycles. The number of allylic oxidation sites excluding steroid dienone is 1. The summed E-state index contributed by atoms with van der Waals surface area (Å²) < 4.78 is 2.32. The lowest BCUT2D eigenvalue weighted by molar-refractivity contribution is -0.152. The summed E-state index contributed by atoms with van der Waals surface area (Å²) >= 11 is 0. The van der Waals surface area contributed by atoms with Crippen molar-refractivity contribution >= 4 is 5.97 Å². The molecular formula is C18H27N3O2. The molecule has 0 spiro atoms. The highest BCUT2D eigenvalue weighted by Crippen LogP contribution is 2.35. The van der Waals surface area contributed by atoms with E-state index >= 15 is 0 Å². The number of imidazole rings is 1. The molecule has 5 heteroatoms. The van der Waals surface area contributed by atoms with E-state index in [9.17, 15) is 9.90 Å². The van der Waals surface area contributed by atoms with Gasteiger partial charge >= 0.3 is 5.97 Å². The molecule has 23 heavy (non-hydrogen) atoms. The summed E-state index contributed by atoms with van der Waals surface area (Å²) in [4.78, 5) is 18.4. The number of carbonyl (C=O) groups is 1. The normalized spacial score (nSPS) is 26.4. The van der Waals surface area contributed by atoms with Gasteiger partial charge in [-0.15, -0.1) is 6.58 Å². The molecular weight excluding hydrogens is 290 g/mol. The first-order valence-electron chi connectivity index (χ1n) is 8.72. The van der Waals surface area contributed by atoms with Crippen molar-refractivity contribution in [3.63, 3.8) is 0 Å². The van der Waals surface area contributed by atoms with E-state index in [1.165, 1.54) is 31.4 Å². The monoisotopic (exact) mass is 317 g/mol. The number of likely N-dealkylation sites (tertiary alicyclic amines) is 1. The molecule has 1 saturated heterocycles. The molecule has 126 valence electrons. The minimum atomic E-state index is -0.689. The average Bonchev–Trinajstić information content (AvgIpc) is 3.18. The summed E-state index contributed by atoms with van der Waals surface area (Å²) in [5.41, 5.74) is 0.551. The first-order chi connectivity index (χ1) is 11.1. The van der Waals surface area contributed by atoms with Gasteiger partial charge in [-0.3, -0.25) is 9.69 Å². The van der Waals surface area contributed by atoms with E-state index in [-0.39, 0.29) is 0 Å². The number of carboxylic acids is 1. The van der Waals surface area contributed by atoms with Gasteiger partial charge in [-0.1, -0.05) is 18.9 Å². The van der Waals surface area contributed by atoms with Crippen molar-refractivity contribution in [3.8, 4) is 0 Å². The van der Waals surface area contributed by atoms with Gasteiger partial charge in [0.25, 0.3) is 0 Å². The lowest BCUT2D eigenvalue weighted by atomic mass is 9.77. The van der Waals surface area contributed by atoms with Gasteiger partial charge in [-0.05, 0) is 38.6 Å². The number of rotatable bonds is 6. The second-order valence-corrected chi connectivity index (χ2v) is 7.12. The Morgan fingerprint density at radius 3 is 2.91 bits per heavy atom. The Labute approximate surface area is 138 Å². The zero-order valence-electron chi connectivity index (χ0n) is 13.8. The van der Waals surface area contributed by atoms with Gasteiger partial charge in [-0.25, -0.2) is 4.98 Å². The molecule has 1 aliphatic heterocycles. The quantitative estimate of drug-likeness (QED) is 0.818. The maximum absolute atomic E-state index is 11.8. The van der Waals surface area contributed by atoms with Crippen LogP contribution in [0.4, 0.5) is 0 Å². The second kappa shape index (κ2) is 6.87. The standard InChI is InChI=1S/C18H27N3O2/c1-2-8-18(17(22)23)9-5-10-20(13-18)12-16-11-19-14-21(16)15-6-3-4-7-15/h2,11,14-15H,1,3-10,12-13H2,(H,22,23)/t18-/m1/s1. The molecule has 0 radical (unpaired) electrons. The molecule has 1 saturated carbocycles. The predicted molar refractivity (Wildman–Crippen MR) is 89.1 cm³/mol. The van der Waals surface area contributed by atoms with Gasteiger partial charge in [0, 0.05) is 25.3 Å². The molecule has 0 unspecified atom stereocenters. The van der Waals surface area contributed by atoms with Crippen LogP contribution in [0.1, 0.15) is 56.7 Å². The summed E-state index contributed by atoms with van der Waals surface area (Å²) in [6.45, 7) is 6.11. The Hall–Kier alpha value is -1.62. The lowest BCUT2D eigenvalue weighted by Gasteiger charge is -2.39. The summed E-state index contributed by atoms with van der Waals surface area (Å²) in [5.74, 6) is -0.689. The average molecular weight is 317 g/mol. The van der Waals surface area contributed by atoms with E-state index in [1.807, 2.05) is 12.5 Å². The molecule has 1 N–H and O–H groups in total. The second-order valence-electron chi connectivity index (χ2n) is 7.12. The smallest absolute Gasteiger partial charge is 0.311 e. The molecule has 2 fully saturated rings. The molecule has 0 bridgehead atoms. The van der Waals surface area contributed by atoms with E-state index in [1.54, 1.807) is 6.08 Å². The Morgan fingerprint density at radius 2 is 2.22 bits per heavy atom. The van der Waals surface area contributed by atoms with Gasteiger partial charge in [0.15, 0.2) is 0 Å². The van der Waals surface area contributed by atoms with Crippen molar-refractivity contribution < 1.29 is 9.90 Å². The van der Waals surface area contributed by atoms with Gasteiger partial charge in [0.2, 0.25) is 0 Å². The van der Waals surface area contributed by atoms with Crippen LogP contribution in [0.15, 0.2) is 25.2 Å².